The zero-order valence-corrected chi connectivity index (χ0v) is 14.0. The van der Waals surface area contributed by atoms with E-state index in [0.29, 0.717) is 6.04 Å². The van der Waals surface area contributed by atoms with Gasteiger partial charge < -0.3 is 15.5 Å². The Bertz CT molecular complexity index is 603. The average Bonchev–Trinajstić information content (AvgIpc) is 3.23. The van der Waals surface area contributed by atoms with Crippen molar-refractivity contribution in [3.05, 3.63) is 11.6 Å². The van der Waals surface area contributed by atoms with Crippen molar-refractivity contribution in [1.82, 2.24) is 30.3 Å². The molecule has 0 saturated heterocycles. The number of rotatable bonds is 4. The molecule has 0 aromatic carbocycles. The summed E-state index contributed by atoms with van der Waals surface area (Å²) in [7, 11) is 3.49. The average molecular weight is 319 g/mol. The summed E-state index contributed by atoms with van der Waals surface area (Å²) < 4.78 is 1.97. The molecule has 3 rings (SSSR count). The molecule has 2 aliphatic rings. The van der Waals surface area contributed by atoms with E-state index in [1.54, 1.807) is 19.0 Å². The van der Waals surface area contributed by atoms with E-state index >= 15 is 0 Å². The lowest BCUT2D eigenvalue weighted by Gasteiger charge is -2.25. The van der Waals surface area contributed by atoms with Crippen molar-refractivity contribution in [2.75, 3.05) is 20.6 Å². The fraction of sp³-hybridized carbons (Fsp3) is 0.733. The van der Waals surface area contributed by atoms with E-state index in [2.05, 4.69) is 25.7 Å². The van der Waals surface area contributed by atoms with E-state index in [1.165, 1.54) is 12.8 Å². The van der Waals surface area contributed by atoms with Crippen molar-refractivity contribution < 1.29 is 4.79 Å². The van der Waals surface area contributed by atoms with Gasteiger partial charge in [-0.3, -0.25) is 4.79 Å². The first-order chi connectivity index (χ1) is 11.0. The molecule has 8 nitrogen and oxygen atoms in total. The highest BCUT2D eigenvalue weighted by Gasteiger charge is 2.26. The van der Waals surface area contributed by atoms with Gasteiger partial charge in [0.25, 0.3) is 0 Å². The number of amides is 1. The van der Waals surface area contributed by atoms with Crippen molar-refractivity contribution in [3.8, 4) is 0 Å². The van der Waals surface area contributed by atoms with Crippen LogP contribution in [0.2, 0.25) is 0 Å². The number of hydrogen-bond acceptors (Lipinski definition) is 4. The maximum absolute atomic E-state index is 11.7. The molecule has 0 radical (unpaired) electrons. The number of nitrogens with one attached hydrogen (secondary N) is 2. The molecular weight excluding hydrogens is 294 g/mol. The number of carbonyl (C=O) groups excluding carboxylic acids is 1. The first-order valence-electron chi connectivity index (χ1n) is 8.19. The molecule has 1 fully saturated rings. The number of nitrogens with zero attached hydrogens (tertiary/aromatic N) is 5. The first kappa shape index (κ1) is 15.8. The molecule has 1 aromatic heterocycles. The Labute approximate surface area is 136 Å². The number of fused-ring (bicyclic) bond motifs is 1. The molecule has 23 heavy (non-hydrogen) atoms. The van der Waals surface area contributed by atoms with Gasteiger partial charge in [0.2, 0.25) is 5.91 Å². The highest BCUT2D eigenvalue weighted by atomic mass is 16.2. The number of aromatic nitrogens is 3. The maximum Gasteiger partial charge on any atom is 0.243 e. The van der Waals surface area contributed by atoms with Gasteiger partial charge in [-0.15, -0.1) is 0 Å². The Morgan fingerprint density at radius 1 is 1.30 bits per heavy atom. The number of hydrogen-bond donors (Lipinski definition) is 2. The van der Waals surface area contributed by atoms with Gasteiger partial charge in [-0.25, -0.2) is 14.7 Å². The van der Waals surface area contributed by atoms with Gasteiger partial charge in [0.1, 0.15) is 18.2 Å². The molecule has 1 aliphatic carbocycles. The third-order valence-corrected chi connectivity index (χ3v) is 4.09. The second kappa shape index (κ2) is 6.55. The van der Waals surface area contributed by atoms with Gasteiger partial charge in [0.15, 0.2) is 5.96 Å². The number of aliphatic imine (C=N–C) groups is 1. The number of aryl methyl sites for hydroxylation is 2. The van der Waals surface area contributed by atoms with Gasteiger partial charge >= 0.3 is 0 Å². The minimum absolute atomic E-state index is 0.000251. The number of guanidine groups is 1. The predicted molar refractivity (Wildman–Crippen MR) is 87.2 cm³/mol. The van der Waals surface area contributed by atoms with Gasteiger partial charge in [-0.2, -0.15) is 5.10 Å². The van der Waals surface area contributed by atoms with Crippen LogP contribution in [0.3, 0.4) is 0 Å². The van der Waals surface area contributed by atoms with Gasteiger partial charge in [-0.1, -0.05) is 0 Å². The minimum Gasteiger partial charge on any atom is -0.354 e. The highest BCUT2D eigenvalue weighted by Crippen LogP contribution is 2.19. The van der Waals surface area contributed by atoms with Gasteiger partial charge in [0.05, 0.1) is 6.54 Å². The van der Waals surface area contributed by atoms with E-state index in [-0.39, 0.29) is 18.5 Å². The summed E-state index contributed by atoms with van der Waals surface area (Å²) in [5.74, 6) is 2.60. The molecule has 126 valence electrons. The Hall–Kier alpha value is -2.12. The van der Waals surface area contributed by atoms with Crippen LogP contribution in [0.1, 0.15) is 30.9 Å². The van der Waals surface area contributed by atoms with Crippen LogP contribution in [0.15, 0.2) is 4.99 Å². The second-order valence-corrected chi connectivity index (χ2v) is 6.51. The number of carbonyl (C=O) groups is 1. The Balaban J connectivity index is 1.61. The van der Waals surface area contributed by atoms with Crippen LogP contribution in [0.4, 0.5) is 0 Å². The zero-order chi connectivity index (χ0) is 16.4. The fourth-order valence-electron chi connectivity index (χ4n) is 2.59. The Morgan fingerprint density at radius 2 is 2.04 bits per heavy atom. The lowest BCUT2D eigenvalue weighted by atomic mass is 10.1. The van der Waals surface area contributed by atoms with Crippen molar-refractivity contribution in [1.29, 1.82) is 0 Å². The summed E-state index contributed by atoms with van der Waals surface area (Å²) in [4.78, 5) is 22.2. The van der Waals surface area contributed by atoms with Crippen molar-refractivity contribution in [2.24, 2.45) is 4.99 Å². The van der Waals surface area contributed by atoms with Gasteiger partial charge in [-0.05, 0) is 26.2 Å². The molecule has 0 bridgehead atoms. The molecule has 1 aliphatic heterocycles. The SMILES string of the molecule is Cc1nc2n(n1)CC(NC(=NCC(=O)N(C)C)NC1CC1)CC2. The Morgan fingerprint density at radius 3 is 2.74 bits per heavy atom. The smallest absolute Gasteiger partial charge is 0.243 e. The molecule has 8 heteroatoms. The zero-order valence-electron chi connectivity index (χ0n) is 14.0. The van der Waals surface area contributed by atoms with Crippen LogP contribution >= 0.6 is 0 Å². The first-order valence-corrected chi connectivity index (χ1v) is 8.19. The topological polar surface area (TPSA) is 87.4 Å². The normalized spacial score (nSPS) is 20.8. The standard InChI is InChI=1S/C15H25N7O/c1-10-17-13-7-6-12(9-22(13)20-10)19-15(18-11-4-5-11)16-8-14(23)21(2)3/h11-12H,4-9H2,1-3H3,(H2,16,18,19). The lowest BCUT2D eigenvalue weighted by molar-refractivity contribution is -0.127. The van der Waals surface area contributed by atoms with Crippen LogP contribution in [0, 0.1) is 6.92 Å². The van der Waals surface area contributed by atoms with E-state index in [1.807, 2.05) is 11.6 Å². The molecule has 1 unspecified atom stereocenters. The number of likely N-dealkylation sites (N-methyl/N-ethyl adjacent to an activating group) is 1. The van der Waals surface area contributed by atoms with Crippen molar-refractivity contribution in [3.63, 3.8) is 0 Å². The van der Waals surface area contributed by atoms with E-state index in [0.717, 1.165) is 37.0 Å². The summed E-state index contributed by atoms with van der Waals surface area (Å²) in [5, 5.41) is 11.3. The highest BCUT2D eigenvalue weighted by molar-refractivity contribution is 5.85. The van der Waals surface area contributed by atoms with E-state index in [9.17, 15) is 4.79 Å². The molecule has 2 N–H and O–H groups in total. The van der Waals surface area contributed by atoms with E-state index < -0.39 is 0 Å². The summed E-state index contributed by atoms with van der Waals surface area (Å²) in [6.45, 7) is 2.86. The van der Waals surface area contributed by atoms with Gasteiger partial charge in [0, 0.05) is 32.6 Å². The molecule has 1 atom stereocenters. The van der Waals surface area contributed by atoms with Crippen LogP contribution < -0.4 is 10.6 Å². The summed E-state index contributed by atoms with van der Waals surface area (Å²) in [6.07, 6.45) is 4.23. The quantitative estimate of drug-likeness (QED) is 0.587. The van der Waals surface area contributed by atoms with Crippen LogP contribution in [0.5, 0.6) is 0 Å². The second-order valence-electron chi connectivity index (χ2n) is 6.51. The Kier molecular flexibility index (Phi) is 4.49. The molecule has 2 heterocycles. The molecule has 1 amide bonds. The summed E-state index contributed by atoms with van der Waals surface area (Å²) >= 11 is 0. The largest absolute Gasteiger partial charge is 0.354 e. The summed E-state index contributed by atoms with van der Waals surface area (Å²) in [6, 6.07) is 0.742. The van der Waals surface area contributed by atoms with Crippen molar-refractivity contribution >= 4 is 11.9 Å². The molecule has 1 saturated carbocycles. The monoisotopic (exact) mass is 319 g/mol. The van der Waals surface area contributed by atoms with Crippen LogP contribution in [-0.2, 0) is 17.8 Å². The third kappa shape index (κ3) is 4.20. The predicted octanol–water partition coefficient (Wildman–Crippen LogP) is -0.313. The minimum atomic E-state index is -0.000251. The van der Waals surface area contributed by atoms with Crippen molar-refractivity contribution in [2.45, 2.75) is 51.2 Å². The van der Waals surface area contributed by atoms with Crippen LogP contribution in [-0.4, -0.2) is 64.3 Å². The molecule has 0 spiro atoms. The maximum atomic E-state index is 11.7. The van der Waals surface area contributed by atoms with Crippen LogP contribution in [0.25, 0.3) is 0 Å². The van der Waals surface area contributed by atoms with E-state index in [4.69, 9.17) is 0 Å². The fourth-order valence-corrected chi connectivity index (χ4v) is 2.59. The summed E-state index contributed by atoms with van der Waals surface area (Å²) in [5.41, 5.74) is 0. The third-order valence-electron chi connectivity index (χ3n) is 4.09. The molecular formula is C15H25N7O. The lowest BCUT2D eigenvalue weighted by Crippen LogP contribution is -2.48. The molecule has 1 aromatic rings.